The highest BCUT2D eigenvalue weighted by Crippen LogP contribution is 2.33. The normalized spacial score (nSPS) is 14.9. The molecule has 14 heteroatoms. The molecule has 7 rings (SSSR count). The van der Waals surface area contributed by atoms with Crippen LogP contribution in [0.15, 0.2) is 91.5 Å². The third-order valence-electron chi connectivity index (χ3n) is 10.3. The number of ether oxygens (including phenoxy) is 4. The first kappa shape index (κ1) is 42.3. The Morgan fingerprint density at radius 2 is 1.09 bits per heavy atom. The van der Waals surface area contributed by atoms with Crippen LogP contribution in [0.5, 0.6) is 23.0 Å². The molecule has 2 aromatic heterocycles. The van der Waals surface area contributed by atoms with Crippen molar-refractivity contribution in [3.8, 4) is 45.3 Å². The monoisotopic (exact) mass is 802 g/mol. The number of likely N-dealkylation sites (tertiary alicyclic amines) is 1. The Hall–Kier alpha value is -4.88. The fourth-order valence-electron chi connectivity index (χ4n) is 7.33. The molecule has 5 aromatic rings. The average Bonchev–Trinajstić information content (AvgIpc) is 3.24. The molecule has 0 amide bonds. The first-order valence-corrected chi connectivity index (χ1v) is 18.8. The molecule has 0 spiro atoms. The number of methoxy groups -OCH3 is 3. The van der Waals surface area contributed by atoms with E-state index in [1.165, 1.54) is 5.56 Å². The van der Waals surface area contributed by atoms with Gasteiger partial charge in [0.2, 0.25) is 11.9 Å². The van der Waals surface area contributed by atoms with E-state index in [0.717, 1.165) is 104 Å². The van der Waals surface area contributed by atoms with Crippen LogP contribution in [-0.4, -0.2) is 91.0 Å². The summed E-state index contributed by atoms with van der Waals surface area (Å²) >= 11 is 0. The zero-order chi connectivity index (χ0) is 37.3. The standard InChI is InChI=1S/C42H50N8O4.2ClH/c1-5-54-40-24-30(6-15-39(40)53-4)29-48-22-18-36(19-23-48)50(42-46-27-34(28-47-42)32-9-13-38(52-3)14-10-32)49(35-16-20-43-21-17-35)41-44-25-33(26-45-41)31-7-11-37(51-2)12-8-31;;/h6-15,24-28,35-36,43H,5,16-23,29H2,1-4H3;2*1H. The topological polar surface area (TPSA) is 110 Å². The number of hydrazine groups is 1. The largest absolute Gasteiger partial charge is 0.497 e. The Morgan fingerprint density at radius 3 is 1.54 bits per heavy atom. The van der Waals surface area contributed by atoms with Crippen LogP contribution in [-0.2, 0) is 6.54 Å². The third kappa shape index (κ3) is 9.91. The van der Waals surface area contributed by atoms with Gasteiger partial charge in [0.15, 0.2) is 11.5 Å². The predicted molar refractivity (Wildman–Crippen MR) is 226 cm³/mol. The van der Waals surface area contributed by atoms with Gasteiger partial charge < -0.3 is 24.3 Å². The second-order valence-electron chi connectivity index (χ2n) is 13.6. The number of halogens is 2. The number of nitrogens with zero attached hydrogens (tertiary/aromatic N) is 7. The summed E-state index contributed by atoms with van der Waals surface area (Å²) in [7, 11) is 5.03. The van der Waals surface area contributed by atoms with Crippen LogP contribution in [0, 0.1) is 0 Å². The summed E-state index contributed by atoms with van der Waals surface area (Å²) in [5.41, 5.74) is 5.14. The third-order valence-corrected chi connectivity index (χ3v) is 10.3. The van der Waals surface area contributed by atoms with E-state index in [9.17, 15) is 0 Å². The van der Waals surface area contributed by atoms with Gasteiger partial charge in [0.05, 0.1) is 40.0 Å². The van der Waals surface area contributed by atoms with Crippen molar-refractivity contribution in [3.63, 3.8) is 0 Å². The molecule has 0 aliphatic carbocycles. The molecule has 0 atom stereocenters. The molecule has 56 heavy (non-hydrogen) atoms. The van der Waals surface area contributed by atoms with E-state index in [4.69, 9.17) is 38.9 Å². The minimum atomic E-state index is 0. The maximum absolute atomic E-state index is 5.87. The quantitative estimate of drug-likeness (QED) is 0.112. The summed E-state index contributed by atoms with van der Waals surface area (Å²) in [5, 5.41) is 8.13. The van der Waals surface area contributed by atoms with Crippen molar-refractivity contribution in [1.29, 1.82) is 0 Å². The minimum Gasteiger partial charge on any atom is -0.497 e. The predicted octanol–water partition coefficient (Wildman–Crippen LogP) is 7.51. The Balaban J connectivity index is 0.00000300. The molecule has 0 radical (unpaired) electrons. The Bertz CT molecular complexity index is 1930. The van der Waals surface area contributed by atoms with Crippen LogP contribution in [0.3, 0.4) is 0 Å². The van der Waals surface area contributed by atoms with E-state index in [0.29, 0.717) is 18.5 Å². The molecule has 3 aromatic carbocycles. The minimum absolute atomic E-state index is 0. The van der Waals surface area contributed by atoms with Gasteiger partial charge in [-0.3, -0.25) is 4.90 Å². The highest BCUT2D eigenvalue weighted by Gasteiger charge is 2.36. The van der Waals surface area contributed by atoms with Gasteiger partial charge >= 0.3 is 0 Å². The fourth-order valence-corrected chi connectivity index (χ4v) is 7.33. The van der Waals surface area contributed by atoms with Gasteiger partial charge in [-0.2, -0.15) is 0 Å². The van der Waals surface area contributed by atoms with Crippen LogP contribution in [0.25, 0.3) is 22.3 Å². The lowest BCUT2D eigenvalue weighted by molar-refractivity contribution is 0.196. The van der Waals surface area contributed by atoms with Crippen molar-refractivity contribution in [3.05, 3.63) is 97.1 Å². The van der Waals surface area contributed by atoms with Crippen LogP contribution < -0.4 is 34.3 Å². The molecule has 2 fully saturated rings. The van der Waals surface area contributed by atoms with Gasteiger partial charge in [-0.1, -0.05) is 30.3 Å². The SMILES string of the molecule is CCOc1cc(CN2CCC(N(c3ncc(-c4ccc(OC)cc4)cn3)N(c3ncc(-c4ccc(OC)cc4)cn3)C3CCNCC3)CC2)ccc1OC.Cl.Cl. The second kappa shape index (κ2) is 20.3. The number of anilines is 2. The summed E-state index contributed by atoms with van der Waals surface area (Å²) in [6.45, 7) is 7.08. The van der Waals surface area contributed by atoms with Crippen LogP contribution in [0.2, 0.25) is 0 Å². The van der Waals surface area contributed by atoms with Gasteiger partial charge in [-0.15, -0.1) is 24.8 Å². The molecule has 12 nitrogen and oxygen atoms in total. The molecule has 0 saturated carbocycles. The summed E-state index contributed by atoms with van der Waals surface area (Å²) in [6.07, 6.45) is 11.4. The zero-order valence-electron chi connectivity index (χ0n) is 32.5. The Labute approximate surface area is 342 Å². The van der Waals surface area contributed by atoms with Crippen LogP contribution in [0.4, 0.5) is 11.9 Å². The first-order valence-electron chi connectivity index (χ1n) is 18.8. The molecule has 2 saturated heterocycles. The Morgan fingerprint density at radius 1 is 0.607 bits per heavy atom. The van der Waals surface area contributed by atoms with Crippen molar-refractivity contribution >= 4 is 36.7 Å². The van der Waals surface area contributed by atoms with Crippen molar-refractivity contribution in [2.45, 2.75) is 51.2 Å². The molecule has 0 bridgehead atoms. The molecular weight excluding hydrogens is 751 g/mol. The van der Waals surface area contributed by atoms with Crippen molar-refractivity contribution in [2.75, 3.05) is 64.1 Å². The lowest BCUT2D eigenvalue weighted by Crippen LogP contribution is -2.59. The van der Waals surface area contributed by atoms with Crippen molar-refractivity contribution < 1.29 is 18.9 Å². The van der Waals surface area contributed by atoms with Gasteiger partial charge in [0, 0.05) is 55.5 Å². The van der Waals surface area contributed by atoms with Crippen molar-refractivity contribution in [1.82, 2.24) is 30.2 Å². The van der Waals surface area contributed by atoms with Crippen LogP contribution >= 0.6 is 24.8 Å². The lowest BCUT2D eigenvalue weighted by Gasteiger charge is -2.47. The molecule has 1 N–H and O–H groups in total. The number of aromatic nitrogens is 4. The Kier molecular flexibility index (Phi) is 15.3. The summed E-state index contributed by atoms with van der Waals surface area (Å²) in [6, 6.07) is 22.5. The van der Waals surface area contributed by atoms with E-state index < -0.39 is 0 Å². The van der Waals surface area contributed by atoms with Gasteiger partial charge in [-0.05, 0) is 98.8 Å². The molecule has 298 valence electrons. The van der Waals surface area contributed by atoms with Gasteiger partial charge in [-0.25, -0.2) is 30.0 Å². The second-order valence-corrected chi connectivity index (χ2v) is 13.6. The summed E-state index contributed by atoms with van der Waals surface area (Å²) < 4.78 is 22.2. The summed E-state index contributed by atoms with van der Waals surface area (Å²) in [4.78, 5) is 22.7. The number of rotatable bonds is 14. The zero-order valence-corrected chi connectivity index (χ0v) is 34.1. The van der Waals surface area contributed by atoms with Crippen LogP contribution in [0.1, 0.15) is 38.2 Å². The van der Waals surface area contributed by atoms with E-state index >= 15 is 0 Å². The number of piperidine rings is 2. The maximum Gasteiger partial charge on any atom is 0.244 e. The lowest BCUT2D eigenvalue weighted by atomic mass is 10.0. The highest BCUT2D eigenvalue weighted by atomic mass is 35.5. The van der Waals surface area contributed by atoms with E-state index in [1.54, 1.807) is 21.3 Å². The van der Waals surface area contributed by atoms with Gasteiger partial charge in [0.1, 0.15) is 11.5 Å². The summed E-state index contributed by atoms with van der Waals surface area (Å²) in [5.74, 6) is 4.45. The fraction of sp³-hybridized carbons (Fsp3) is 0.381. The first-order chi connectivity index (χ1) is 26.6. The maximum atomic E-state index is 5.87. The molecular formula is C42H52Cl2N8O4. The van der Waals surface area contributed by atoms with Crippen molar-refractivity contribution in [2.24, 2.45) is 0 Å². The van der Waals surface area contributed by atoms with Gasteiger partial charge in [0.25, 0.3) is 0 Å². The number of nitrogens with one attached hydrogen (secondary N) is 1. The molecule has 2 aliphatic heterocycles. The highest BCUT2D eigenvalue weighted by molar-refractivity contribution is 5.85. The van der Waals surface area contributed by atoms with E-state index in [2.05, 4.69) is 32.4 Å². The number of benzene rings is 3. The number of hydrogen-bond donors (Lipinski definition) is 1. The molecule has 2 aliphatic rings. The molecule has 4 heterocycles. The van der Waals surface area contributed by atoms with E-state index in [-0.39, 0.29) is 36.9 Å². The smallest absolute Gasteiger partial charge is 0.244 e. The average molecular weight is 804 g/mol. The number of hydrogen-bond acceptors (Lipinski definition) is 12. The van der Waals surface area contributed by atoms with E-state index in [1.807, 2.05) is 86.3 Å². The molecule has 0 unspecified atom stereocenters.